The number of piperazine rings is 1. The molecule has 1 aliphatic heterocycles. The molecule has 2 N–H and O–H groups in total. The summed E-state index contributed by atoms with van der Waals surface area (Å²) in [5.41, 5.74) is 0.941. The standard InChI is InChI=1S/C17H22ClN5O2/c1-11(24)20-14(12-3-5-13(18)6-4-12)9-16-21-17(22-25-16)15-10-19-7-8-23(15)2/h3-6,14-15,19H,7-10H2,1-2H3,(H,20,24). The molecule has 1 aromatic carbocycles. The molecule has 25 heavy (non-hydrogen) atoms. The van der Waals surface area contributed by atoms with Gasteiger partial charge in [0.05, 0.1) is 18.5 Å². The van der Waals surface area contributed by atoms with Crippen molar-refractivity contribution >= 4 is 17.5 Å². The van der Waals surface area contributed by atoms with Crippen LogP contribution in [0.1, 0.15) is 36.3 Å². The van der Waals surface area contributed by atoms with Crippen LogP contribution in [0.4, 0.5) is 0 Å². The van der Waals surface area contributed by atoms with Crippen LogP contribution >= 0.6 is 11.6 Å². The van der Waals surface area contributed by atoms with Gasteiger partial charge in [0.2, 0.25) is 11.8 Å². The lowest BCUT2D eigenvalue weighted by atomic mass is 10.0. The van der Waals surface area contributed by atoms with Gasteiger partial charge in [0, 0.05) is 31.6 Å². The summed E-state index contributed by atoms with van der Waals surface area (Å²) in [5, 5.41) is 11.0. The maximum Gasteiger partial charge on any atom is 0.229 e. The molecule has 2 heterocycles. The van der Waals surface area contributed by atoms with E-state index in [1.807, 2.05) is 12.1 Å². The maximum atomic E-state index is 11.6. The smallest absolute Gasteiger partial charge is 0.229 e. The molecule has 3 rings (SSSR count). The fourth-order valence-corrected chi connectivity index (χ4v) is 3.07. The van der Waals surface area contributed by atoms with E-state index >= 15 is 0 Å². The van der Waals surface area contributed by atoms with E-state index in [4.69, 9.17) is 16.1 Å². The van der Waals surface area contributed by atoms with E-state index in [-0.39, 0.29) is 18.0 Å². The molecule has 0 saturated carbocycles. The second-order valence-corrected chi connectivity index (χ2v) is 6.69. The molecular weight excluding hydrogens is 342 g/mol. The summed E-state index contributed by atoms with van der Waals surface area (Å²) >= 11 is 5.95. The van der Waals surface area contributed by atoms with Gasteiger partial charge < -0.3 is 15.2 Å². The van der Waals surface area contributed by atoms with Crippen molar-refractivity contribution in [3.05, 3.63) is 46.6 Å². The Balaban J connectivity index is 1.75. The van der Waals surface area contributed by atoms with E-state index in [2.05, 4.69) is 32.7 Å². The lowest BCUT2D eigenvalue weighted by molar-refractivity contribution is -0.119. The number of hydrogen-bond donors (Lipinski definition) is 2. The predicted octanol–water partition coefficient (Wildman–Crippen LogP) is 1.72. The zero-order valence-electron chi connectivity index (χ0n) is 14.3. The molecule has 2 aromatic rings. The third kappa shape index (κ3) is 4.56. The van der Waals surface area contributed by atoms with Crippen LogP contribution in [0.3, 0.4) is 0 Å². The van der Waals surface area contributed by atoms with Crippen LogP contribution in [0.2, 0.25) is 5.02 Å². The van der Waals surface area contributed by atoms with Crippen LogP contribution in [0.15, 0.2) is 28.8 Å². The van der Waals surface area contributed by atoms with E-state index in [1.165, 1.54) is 6.92 Å². The first-order valence-corrected chi connectivity index (χ1v) is 8.66. The quantitative estimate of drug-likeness (QED) is 0.841. The number of carbonyl (C=O) groups excluding carboxylic acids is 1. The van der Waals surface area contributed by atoms with Crippen LogP contribution in [0, 0.1) is 0 Å². The number of carbonyl (C=O) groups is 1. The number of nitrogens with zero attached hydrogens (tertiary/aromatic N) is 3. The molecule has 1 fully saturated rings. The first-order chi connectivity index (χ1) is 12.0. The van der Waals surface area contributed by atoms with E-state index < -0.39 is 0 Å². The van der Waals surface area contributed by atoms with Crippen molar-refractivity contribution in [1.29, 1.82) is 0 Å². The van der Waals surface area contributed by atoms with Crippen LogP contribution in [-0.4, -0.2) is 47.6 Å². The highest BCUT2D eigenvalue weighted by Gasteiger charge is 2.26. The largest absolute Gasteiger partial charge is 0.349 e. The van der Waals surface area contributed by atoms with Crippen LogP contribution < -0.4 is 10.6 Å². The molecule has 1 saturated heterocycles. The molecule has 8 heteroatoms. The normalized spacial score (nSPS) is 19.6. The molecule has 2 unspecified atom stereocenters. The monoisotopic (exact) mass is 363 g/mol. The van der Waals surface area contributed by atoms with Crippen molar-refractivity contribution in [2.24, 2.45) is 0 Å². The van der Waals surface area contributed by atoms with Crippen molar-refractivity contribution in [1.82, 2.24) is 25.7 Å². The van der Waals surface area contributed by atoms with E-state index in [1.54, 1.807) is 12.1 Å². The Morgan fingerprint density at radius 1 is 1.48 bits per heavy atom. The Morgan fingerprint density at radius 3 is 2.92 bits per heavy atom. The number of nitrogens with one attached hydrogen (secondary N) is 2. The van der Waals surface area contributed by atoms with Gasteiger partial charge in [-0.15, -0.1) is 0 Å². The van der Waals surface area contributed by atoms with E-state index in [9.17, 15) is 4.79 Å². The second kappa shape index (κ2) is 7.95. The van der Waals surface area contributed by atoms with Crippen molar-refractivity contribution < 1.29 is 9.32 Å². The van der Waals surface area contributed by atoms with E-state index in [0.717, 1.165) is 25.2 Å². The maximum absolute atomic E-state index is 11.6. The minimum absolute atomic E-state index is 0.0981. The summed E-state index contributed by atoms with van der Waals surface area (Å²) in [6, 6.07) is 7.23. The predicted molar refractivity (Wildman–Crippen MR) is 94.3 cm³/mol. The number of hydrogen-bond acceptors (Lipinski definition) is 6. The van der Waals surface area contributed by atoms with Crippen molar-refractivity contribution in [2.45, 2.75) is 25.4 Å². The SMILES string of the molecule is CC(=O)NC(Cc1nc(C2CNCCN2C)no1)c1ccc(Cl)cc1. The molecule has 0 bridgehead atoms. The molecule has 7 nitrogen and oxygen atoms in total. The molecule has 1 aliphatic rings. The van der Waals surface area contributed by atoms with Gasteiger partial charge in [-0.3, -0.25) is 9.69 Å². The Bertz CT molecular complexity index is 718. The van der Waals surface area contributed by atoms with Crippen molar-refractivity contribution in [3.63, 3.8) is 0 Å². The Kier molecular flexibility index (Phi) is 5.67. The lowest BCUT2D eigenvalue weighted by Crippen LogP contribution is -2.44. The average Bonchev–Trinajstić information content (AvgIpc) is 3.03. The molecule has 1 amide bonds. The van der Waals surface area contributed by atoms with Gasteiger partial charge in [0.1, 0.15) is 0 Å². The number of halogens is 1. The molecule has 134 valence electrons. The third-order valence-electron chi connectivity index (χ3n) is 4.32. The summed E-state index contributed by atoms with van der Waals surface area (Å²) < 4.78 is 5.43. The summed E-state index contributed by atoms with van der Waals surface area (Å²) in [6.45, 7) is 4.18. The number of likely N-dealkylation sites (N-methyl/N-ethyl adjacent to an activating group) is 1. The highest BCUT2D eigenvalue weighted by molar-refractivity contribution is 6.30. The summed E-state index contributed by atoms with van der Waals surface area (Å²) in [5.74, 6) is 1.06. The fraction of sp³-hybridized carbons (Fsp3) is 0.471. The topological polar surface area (TPSA) is 83.3 Å². The summed E-state index contributed by atoms with van der Waals surface area (Å²) in [4.78, 5) is 18.3. The molecule has 1 aromatic heterocycles. The molecule has 0 radical (unpaired) electrons. The molecule has 0 spiro atoms. The van der Waals surface area contributed by atoms with Crippen LogP contribution in [0.25, 0.3) is 0 Å². The molecule has 2 atom stereocenters. The second-order valence-electron chi connectivity index (χ2n) is 6.26. The fourth-order valence-electron chi connectivity index (χ4n) is 2.95. The van der Waals surface area contributed by atoms with Gasteiger partial charge in [-0.2, -0.15) is 4.98 Å². The Hall–Kier alpha value is -1.96. The van der Waals surface area contributed by atoms with Crippen molar-refractivity contribution in [3.8, 4) is 0 Å². The van der Waals surface area contributed by atoms with Gasteiger partial charge in [0.15, 0.2) is 5.82 Å². The van der Waals surface area contributed by atoms with E-state index in [0.29, 0.717) is 23.2 Å². The van der Waals surface area contributed by atoms with Gasteiger partial charge in [-0.25, -0.2) is 0 Å². The first-order valence-electron chi connectivity index (χ1n) is 8.29. The number of amides is 1. The van der Waals surface area contributed by atoms with Gasteiger partial charge in [-0.05, 0) is 24.7 Å². The average molecular weight is 364 g/mol. The minimum atomic E-state index is -0.245. The number of benzene rings is 1. The molecular formula is C17H22ClN5O2. The molecule has 0 aliphatic carbocycles. The lowest BCUT2D eigenvalue weighted by Gasteiger charge is -2.30. The summed E-state index contributed by atoms with van der Waals surface area (Å²) in [6.07, 6.45) is 0.429. The van der Waals surface area contributed by atoms with Gasteiger partial charge in [-0.1, -0.05) is 28.9 Å². The Morgan fingerprint density at radius 2 is 2.24 bits per heavy atom. The van der Waals surface area contributed by atoms with Crippen molar-refractivity contribution in [2.75, 3.05) is 26.7 Å². The third-order valence-corrected chi connectivity index (χ3v) is 4.57. The number of aromatic nitrogens is 2. The number of rotatable bonds is 5. The zero-order chi connectivity index (χ0) is 17.8. The highest BCUT2D eigenvalue weighted by atomic mass is 35.5. The summed E-state index contributed by atoms with van der Waals surface area (Å²) in [7, 11) is 2.05. The minimum Gasteiger partial charge on any atom is -0.349 e. The van der Waals surface area contributed by atoms with Gasteiger partial charge in [0.25, 0.3) is 0 Å². The van der Waals surface area contributed by atoms with Gasteiger partial charge >= 0.3 is 0 Å². The highest BCUT2D eigenvalue weighted by Crippen LogP contribution is 2.22. The zero-order valence-corrected chi connectivity index (χ0v) is 15.1. The van der Waals surface area contributed by atoms with Crippen LogP contribution in [-0.2, 0) is 11.2 Å². The first kappa shape index (κ1) is 17.8. The Labute approximate surface area is 151 Å². The van der Waals surface area contributed by atoms with Crippen LogP contribution in [0.5, 0.6) is 0 Å².